The third-order valence-electron chi connectivity index (χ3n) is 6.96. The molecule has 1 N–H and O–H groups in total. The van der Waals surface area contributed by atoms with Crippen LogP contribution >= 0.6 is 11.3 Å². The van der Waals surface area contributed by atoms with Crippen LogP contribution < -0.4 is 5.32 Å². The van der Waals surface area contributed by atoms with Crippen molar-refractivity contribution in [2.45, 2.75) is 43.0 Å². The zero-order chi connectivity index (χ0) is 26.9. The van der Waals surface area contributed by atoms with Gasteiger partial charge in [-0.25, -0.2) is 8.42 Å². The summed E-state index contributed by atoms with van der Waals surface area (Å²) in [5.41, 5.74) is 3.98. The Balaban J connectivity index is 1.40. The maximum Gasteiger partial charge on any atom is 0.259 e. The van der Waals surface area contributed by atoms with Gasteiger partial charge in [-0.2, -0.15) is 4.31 Å². The molecule has 3 heterocycles. The normalized spacial score (nSPS) is 19.0. The van der Waals surface area contributed by atoms with Crippen LogP contribution in [0.2, 0.25) is 0 Å². The van der Waals surface area contributed by atoms with E-state index in [4.69, 9.17) is 0 Å². The third-order valence-corrected chi connectivity index (χ3v) is 10.2. The van der Waals surface area contributed by atoms with E-state index < -0.39 is 22.0 Å². The number of nitrogens with zero attached hydrogens (tertiary/aromatic N) is 2. The van der Waals surface area contributed by atoms with Gasteiger partial charge >= 0.3 is 0 Å². The van der Waals surface area contributed by atoms with Crippen molar-refractivity contribution in [3.63, 3.8) is 0 Å². The van der Waals surface area contributed by atoms with Gasteiger partial charge in [-0.05, 0) is 42.8 Å². The third kappa shape index (κ3) is 4.73. The van der Waals surface area contributed by atoms with Crippen LogP contribution in [0.25, 0.3) is 11.4 Å². The summed E-state index contributed by atoms with van der Waals surface area (Å²) >= 11 is 1.14. The van der Waals surface area contributed by atoms with Gasteiger partial charge in [0.1, 0.15) is 10.3 Å². The molecule has 1 atom stereocenters. The Bertz CT molecular complexity index is 1510. The SMILES string of the molecule is C=C(NC(=O)C1CCCCN1S(=O)(=O)c1cccs1)c1cccc2c1/C(=C\C)N(Cc1ccccc1)C2=O. The number of carbonyl (C=O) groups is 2. The largest absolute Gasteiger partial charge is 0.325 e. The van der Waals surface area contributed by atoms with Gasteiger partial charge in [-0.3, -0.25) is 9.59 Å². The minimum Gasteiger partial charge on any atom is -0.325 e. The fraction of sp³-hybridized carbons (Fsp3) is 0.241. The first kappa shape index (κ1) is 26.1. The van der Waals surface area contributed by atoms with E-state index in [-0.39, 0.29) is 16.7 Å². The van der Waals surface area contributed by atoms with E-state index in [1.165, 1.54) is 4.31 Å². The molecule has 1 aromatic heterocycles. The van der Waals surface area contributed by atoms with Crippen LogP contribution in [-0.2, 0) is 21.4 Å². The van der Waals surface area contributed by atoms with Crippen LogP contribution in [0.5, 0.6) is 0 Å². The molecule has 7 nitrogen and oxygen atoms in total. The van der Waals surface area contributed by atoms with Gasteiger partial charge in [0.05, 0.1) is 6.54 Å². The predicted molar refractivity (Wildman–Crippen MR) is 149 cm³/mol. The lowest BCUT2D eigenvalue weighted by atomic mass is 9.98. The van der Waals surface area contributed by atoms with Crippen molar-refractivity contribution in [1.82, 2.24) is 14.5 Å². The number of benzene rings is 2. The Kier molecular flexibility index (Phi) is 7.34. The van der Waals surface area contributed by atoms with Crippen molar-refractivity contribution in [2.24, 2.45) is 0 Å². The lowest BCUT2D eigenvalue weighted by molar-refractivity contribution is -0.124. The molecule has 3 aromatic rings. The molecule has 196 valence electrons. The zero-order valence-corrected chi connectivity index (χ0v) is 22.7. The molecule has 1 fully saturated rings. The second-order valence-electron chi connectivity index (χ2n) is 9.31. The van der Waals surface area contributed by atoms with Crippen molar-refractivity contribution in [3.8, 4) is 0 Å². The quantitative estimate of drug-likeness (QED) is 0.446. The molecule has 0 saturated carbocycles. The molecule has 0 aliphatic carbocycles. The van der Waals surface area contributed by atoms with E-state index in [1.807, 2.05) is 49.4 Å². The second kappa shape index (κ2) is 10.7. The van der Waals surface area contributed by atoms with Crippen molar-refractivity contribution in [2.75, 3.05) is 6.54 Å². The molecule has 5 rings (SSSR count). The number of piperidine rings is 1. The number of sulfonamides is 1. The summed E-state index contributed by atoms with van der Waals surface area (Å²) in [6.07, 6.45) is 3.78. The second-order valence-corrected chi connectivity index (χ2v) is 12.4. The number of thiophene rings is 1. The number of hydrogen-bond donors (Lipinski definition) is 1. The highest BCUT2D eigenvalue weighted by Crippen LogP contribution is 2.38. The molecule has 0 bridgehead atoms. The van der Waals surface area contributed by atoms with E-state index >= 15 is 0 Å². The summed E-state index contributed by atoms with van der Waals surface area (Å²) in [5.74, 6) is -0.529. The maximum atomic E-state index is 13.5. The average Bonchev–Trinajstić information content (AvgIpc) is 3.57. The van der Waals surface area contributed by atoms with Crippen molar-refractivity contribution >= 4 is 44.6 Å². The first-order chi connectivity index (χ1) is 18.3. The Labute approximate surface area is 227 Å². The Morgan fingerprint density at radius 3 is 2.61 bits per heavy atom. The maximum absolute atomic E-state index is 13.5. The summed E-state index contributed by atoms with van der Waals surface area (Å²) in [5, 5.41) is 4.59. The standard InChI is InChI=1S/C29H29N3O4S2/c1-3-24-27-22(13-9-14-23(27)29(34)31(24)19-21-11-5-4-6-12-21)20(2)30-28(33)25-15-7-8-17-32(25)38(35,36)26-16-10-18-37-26/h3-6,9-14,16,18,25H,2,7-8,15,17,19H2,1H3,(H,30,33)/b24-3+. The number of nitrogens with one attached hydrogen (secondary N) is 1. The summed E-state index contributed by atoms with van der Waals surface area (Å²) in [4.78, 5) is 28.6. The van der Waals surface area contributed by atoms with E-state index in [1.54, 1.807) is 34.5 Å². The minimum absolute atomic E-state index is 0.113. The van der Waals surface area contributed by atoms with Gasteiger partial charge in [0.25, 0.3) is 15.9 Å². The number of carbonyl (C=O) groups excluding carboxylic acids is 2. The van der Waals surface area contributed by atoms with Gasteiger partial charge < -0.3 is 10.2 Å². The summed E-state index contributed by atoms with van der Waals surface area (Å²) < 4.78 is 28.1. The monoisotopic (exact) mass is 547 g/mol. The molecule has 0 radical (unpaired) electrons. The molecule has 2 aromatic carbocycles. The van der Waals surface area contributed by atoms with E-state index in [0.29, 0.717) is 41.8 Å². The van der Waals surface area contributed by atoms with Gasteiger partial charge in [-0.1, -0.05) is 67.6 Å². The Hall–Kier alpha value is -3.53. The molecule has 0 spiro atoms. The van der Waals surface area contributed by atoms with Crippen molar-refractivity contribution in [1.29, 1.82) is 0 Å². The van der Waals surface area contributed by atoms with E-state index in [2.05, 4.69) is 11.9 Å². The van der Waals surface area contributed by atoms with E-state index in [9.17, 15) is 18.0 Å². The Morgan fingerprint density at radius 2 is 1.89 bits per heavy atom. The molecule has 38 heavy (non-hydrogen) atoms. The van der Waals surface area contributed by atoms with Gasteiger partial charge in [0.2, 0.25) is 5.91 Å². The lowest BCUT2D eigenvalue weighted by Gasteiger charge is -2.33. The highest BCUT2D eigenvalue weighted by Gasteiger charge is 2.39. The average molecular weight is 548 g/mol. The minimum atomic E-state index is -3.78. The molecule has 2 aliphatic rings. The number of hydrogen-bond acceptors (Lipinski definition) is 5. The van der Waals surface area contributed by atoms with Crippen LogP contribution in [0.3, 0.4) is 0 Å². The number of amides is 2. The molecule has 1 unspecified atom stereocenters. The van der Waals surface area contributed by atoms with Crippen molar-refractivity contribution in [3.05, 3.63) is 101 Å². The number of allylic oxidation sites excluding steroid dienone is 1. The smallest absolute Gasteiger partial charge is 0.259 e. The van der Waals surface area contributed by atoms with Crippen LogP contribution in [0.1, 0.15) is 53.2 Å². The highest BCUT2D eigenvalue weighted by molar-refractivity contribution is 7.91. The fourth-order valence-corrected chi connectivity index (χ4v) is 7.93. The van der Waals surface area contributed by atoms with Crippen LogP contribution in [-0.4, -0.2) is 42.0 Å². The predicted octanol–water partition coefficient (Wildman–Crippen LogP) is 5.10. The highest BCUT2D eigenvalue weighted by atomic mass is 32.2. The zero-order valence-electron chi connectivity index (χ0n) is 21.1. The molecular weight excluding hydrogens is 518 g/mol. The summed E-state index contributed by atoms with van der Waals surface area (Å²) in [7, 11) is -3.78. The fourth-order valence-electron chi connectivity index (χ4n) is 5.15. The summed E-state index contributed by atoms with van der Waals surface area (Å²) in [6.45, 7) is 6.71. The molecule has 1 saturated heterocycles. The number of fused-ring (bicyclic) bond motifs is 1. The van der Waals surface area contributed by atoms with E-state index in [0.717, 1.165) is 29.0 Å². The molecular formula is C29H29N3O4S2. The Morgan fingerprint density at radius 1 is 1.11 bits per heavy atom. The van der Waals surface area contributed by atoms with Crippen LogP contribution in [0.4, 0.5) is 0 Å². The lowest BCUT2D eigenvalue weighted by Crippen LogP contribution is -2.51. The first-order valence-electron chi connectivity index (χ1n) is 12.5. The van der Waals surface area contributed by atoms with Crippen LogP contribution in [0, 0.1) is 0 Å². The van der Waals surface area contributed by atoms with Crippen molar-refractivity contribution < 1.29 is 18.0 Å². The topological polar surface area (TPSA) is 86.8 Å². The molecule has 2 amide bonds. The van der Waals surface area contributed by atoms with Gasteiger partial charge in [0.15, 0.2) is 0 Å². The first-order valence-corrected chi connectivity index (χ1v) is 14.9. The number of rotatable bonds is 7. The molecule has 9 heteroatoms. The van der Waals surface area contributed by atoms with Crippen LogP contribution in [0.15, 0.2) is 82.9 Å². The van der Waals surface area contributed by atoms with Gasteiger partial charge in [0, 0.05) is 34.6 Å². The van der Waals surface area contributed by atoms with Gasteiger partial charge in [-0.15, -0.1) is 11.3 Å². The molecule has 2 aliphatic heterocycles. The summed E-state index contributed by atoms with van der Waals surface area (Å²) in [6, 6.07) is 17.6.